The van der Waals surface area contributed by atoms with Gasteiger partial charge in [0.2, 0.25) is 0 Å². The summed E-state index contributed by atoms with van der Waals surface area (Å²) in [6, 6.07) is 6.98. The Morgan fingerprint density at radius 2 is 2.16 bits per heavy atom. The second kappa shape index (κ2) is 7.14. The molecule has 4 heteroatoms. The molecular weight excluding hydrogens is 242 g/mol. The van der Waals surface area contributed by atoms with Gasteiger partial charge >= 0.3 is 5.97 Å². The van der Waals surface area contributed by atoms with Crippen LogP contribution in [0.4, 0.5) is 0 Å². The van der Waals surface area contributed by atoms with Crippen LogP contribution in [0.25, 0.3) is 0 Å². The molecule has 1 atom stereocenters. The van der Waals surface area contributed by atoms with E-state index in [1.807, 2.05) is 0 Å². The van der Waals surface area contributed by atoms with Gasteiger partial charge in [-0.05, 0) is 62.5 Å². The van der Waals surface area contributed by atoms with E-state index in [1.165, 1.54) is 12.8 Å². The molecule has 1 aliphatic heterocycles. The summed E-state index contributed by atoms with van der Waals surface area (Å²) in [4.78, 5) is 11.8. The molecule has 1 aliphatic rings. The molecule has 0 amide bonds. The molecule has 0 bridgehead atoms. The first kappa shape index (κ1) is 13.9. The van der Waals surface area contributed by atoms with Gasteiger partial charge in [0, 0.05) is 0 Å². The predicted molar refractivity (Wildman–Crippen MR) is 73.5 cm³/mol. The smallest absolute Gasteiger partial charge is 0.338 e. The Morgan fingerprint density at radius 1 is 1.37 bits per heavy atom. The molecule has 0 unspecified atom stereocenters. The summed E-state index contributed by atoms with van der Waals surface area (Å²) in [7, 11) is 1.60. The minimum atomic E-state index is -0.258. The van der Waals surface area contributed by atoms with E-state index in [9.17, 15) is 4.79 Å². The summed E-state index contributed by atoms with van der Waals surface area (Å²) in [5, 5.41) is 3.36. The zero-order chi connectivity index (χ0) is 13.5. The van der Waals surface area contributed by atoms with Gasteiger partial charge in [-0.2, -0.15) is 0 Å². The van der Waals surface area contributed by atoms with E-state index in [0.717, 1.165) is 25.3 Å². The lowest BCUT2D eigenvalue weighted by Gasteiger charge is -2.22. The first-order chi connectivity index (χ1) is 9.29. The summed E-state index contributed by atoms with van der Waals surface area (Å²) in [6.45, 7) is 2.65. The summed E-state index contributed by atoms with van der Waals surface area (Å²) in [6.07, 6.45) is 3.39. The number of rotatable bonds is 5. The molecule has 1 fully saturated rings. The highest BCUT2D eigenvalue weighted by atomic mass is 16.5. The molecule has 0 aromatic heterocycles. The molecule has 0 saturated carbocycles. The zero-order valence-electron chi connectivity index (χ0n) is 11.4. The van der Waals surface area contributed by atoms with Crippen LogP contribution in [0.1, 0.15) is 29.6 Å². The molecule has 0 spiro atoms. The number of carbonyl (C=O) groups is 1. The van der Waals surface area contributed by atoms with Gasteiger partial charge in [-0.25, -0.2) is 4.79 Å². The van der Waals surface area contributed by atoms with E-state index in [4.69, 9.17) is 9.47 Å². The molecule has 1 saturated heterocycles. The number of ether oxygens (including phenoxy) is 2. The van der Waals surface area contributed by atoms with Crippen LogP contribution in [0, 0.1) is 5.92 Å². The second-order valence-electron chi connectivity index (χ2n) is 4.87. The van der Waals surface area contributed by atoms with Crippen molar-refractivity contribution in [2.75, 3.05) is 26.8 Å². The number of benzene rings is 1. The maximum Gasteiger partial charge on any atom is 0.338 e. The van der Waals surface area contributed by atoms with Crippen LogP contribution in [0.5, 0.6) is 5.75 Å². The fourth-order valence-corrected chi connectivity index (χ4v) is 2.30. The Bertz CT molecular complexity index is 396. The Kier molecular flexibility index (Phi) is 5.21. The molecule has 1 N–H and O–H groups in total. The van der Waals surface area contributed by atoms with Crippen LogP contribution >= 0.6 is 0 Å². The van der Waals surface area contributed by atoms with E-state index in [2.05, 4.69) is 5.32 Å². The van der Waals surface area contributed by atoms with Crippen molar-refractivity contribution < 1.29 is 14.3 Å². The van der Waals surface area contributed by atoms with E-state index in [-0.39, 0.29) is 5.97 Å². The maximum absolute atomic E-state index is 11.8. The van der Waals surface area contributed by atoms with Gasteiger partial charge in [0.05, 0.1) is 19.3 Å². The van der Waals surface area contributed by atoms with Crippen molar-refractivity contribution in [1.29, 1.82) is 0 Å². The highest BCUT2D eigenvalue weighted by molar-refractivity contribution is 5.89. The third kappa shape index (κ3) is 4.24. The van der Waals surface area contributed by atoms with Gasteiger partial charge in [-0.15, -0.1) is 0 Å². The minimum Gasteiger partial charge on any atom is -0.497 e. The SMILES string of the molecule is COc1ccc(C(=O)OCC[C@@H]2CCCNC2)cc1. The van der Waals surface area contributed by atoms with Gasteiger partial charge in [-0.3, -0.25) is 0 Å². The number of piperidine rings is 1. The van der Waals surface area contributed by atoms with Crippen LogP contribution < -0.4 is 10.1 Å². The molecule has 0 radical (unpaired) electrons. The molecular formula is C15H21NO3. The van der Waals surface area contributed by atoms with Crippen LogP contribution in [0.3, 0.4) is 0 Å². The molecule has 1 aromatic rings. The van der Waals surface area contributed by atoms with E-state index < -0.39 is 0 Å². The van der Waals surface area contributed by atoms with Gasteiger partial charge in [0.1, 0.15) is 5.75 Å². The average molecular weight is 263 g/mol. The highest BCUT2D eigenvalue weighted by Crippen LogP contribution is 2.15. The van der Waals surface area contributed by atoms with Crippen LogP contribution in [0.15, 0.2) is 24.3 Å². The monoisotopic (exact) mass is 263 g/mol. The summed E-state index contributed by atoms with van der Waals surface area (Å²) < 4.78 is 10.3. The number of hydrogen-bond acceptors (Lipinski definition) is 4. The average Bonchev–Trinajstić information content (AvgIpc) is 2.48. The quantitative estimate of drug-likeness (QED) is 0.828. The topological polar surface area (TPSA) is 47.6 Å². The molecule has 2 rings (SSSR count). The normalized spacial score (nSPS) is 18.9. The third-order valence-corrected chi connectivity index (χ3v) is 3.48. The second-order valence-corrected chi connectivity index (χ2v) is 4.87. The van der Waals surface area contributed by atoms with Gasteiger partial charge in [0.25, 0.3) is 0 Å². The van der Waals surface area contributed by atoms with Gasteiger partial charge in [-0.1, -0.05) is 0 Å². The third-order valence-electron chi connectivity index (χ3n) is 3.48. The lowest BCUT2D eigenvalue weighted by Crippen LogP contribution is -2.30. The van der Waals surface area contributed by atoms with Gasteiger partial charge < -0.3 is 14.8 Å². The fraction of sp³-hybridized carbons (Fsp3) is 0.533. The summed E-state index contributed by atoms with van der Waals surface area (Å²) in [5.74, 6) is 1.12. The molecule has 1 aromatic carbocycles. The van der Waals surface area contributed by atoms with E-state index in [0.29, 0.717) is 18.1 Å². The van der Waals surface area contributed by atoms with Crippen LogP contribution in [0.2, 0.25) is 0 Å². The molecule has 0 aliphatic carbocycles. The van der Waals surface area contributed by atoms with Crippen LogP contribution in [-0.2, 0) is 4.74 Å². The number of carbonyl (C=O) groups excluding carboxylic acids is 1. The van der Waals surface area contributed by atoms with Crippen LogP contribution in [-0.4, -0.2) is 32.8 Å². The minimum absolute atomic E-state index is 0.258. The largest absolute Gasteiger partial charge is 0.497 e. The van der Waals surface area contributed by atoms with Crippen molar-refractivity contribution in [3.8, 4) is 5.75 Å². The lowest BCUT2D eigenvalue weighted by molar-refractivity contribution is 0.0477. The Hall–Kier alpha value is -1.55. The van der Waals surface area contributed by atoms with Crippen molar-refractivity contribution >= 4 is 5.97 Å². The van der Waals surface area contributed by atoms with E-state index >= 15 is 0 Å². The summed E-state index contributed by atoms with van der Waals surface area (Å²) in [5.41, 5.74) is 0.572. The maximum atomic E-state index is 11.8. The lowest BCUT2D eigenvalue weighted by atomic mass is 9.97. The fourth-order valence-electron chi connectivity index (χ4n) is 2.30. The summed E-state index contributed by atoms with van der Waals surface area (Å²) >= 11 is 0. The van der Waals surface area contributed by atoms with Gasteiger partial charge in [0.15, 0.2) is 0 Å². The zero-order valence-corrected chi connectivity index (χ0v) is 11.4. The number of hydrogen-bond donors (Lipinski definition) is 1. The van der Waals surface area contributed by atoms with Crippen molar-refractivity contribution in [1.82, 2.24) is 5.32 Å². The Balaban J connectivity index is 1.73. The Morgan fingerprint density at radius 3 is 2.79 bits per heavy atom. The van der Waals surface area contributed by atoms with Crippen molar-refractivity contribution in [3.63, 3.8) is 0 Å². The molecule has 19 heavy (non-hydrogen) atoms. The predicted octanol–water partition coefficient (Wildman–Crippen LogP) is 2.24. The highest BCUT2D eigenvalue weighted by Gasteiger charge is 2.14. The standard InChI is InChI=1S/C15H21NO3/c1-18-14-6-4-13(5-7-14)15(17)19-10-8-12-3-2-9-16-11-12/h4-7,12,16H,2-3,8-11H2,1H3/t12-/m0/s1. The number of methoxy groups -OCH3 is 1. The van der Waals surface area contributed by atoms with Crippen molar-refractivity contribution in [3.05, 3.63) is 29.8 Å². The molecule has 104 valence electrons. The Labute approximate surface area is 114 Å². The van der Waals surface area contributed by atoms with Crippen molar-refractivity contribution in [2.45, 2.75) is 19.3 Å². The molecule has 1 heterocycles. The van der Waals surface area contributed by atoms with Crippen molar-refractivity contribution in [2.24, 2.45) is 5.92 Å². The number of esters is 1. The molecule has 4 nitrogen and oxygen atoms in total. The first-order valence-electron chi connectivity index (χ1n) is 6.81. The first-order valence-corrected chi connectivity index (χ1v) is 6.81. The number of nitrogens with one attached hydrogen (secondary N) is 1. The van der Waals surface area contributed by atoms with E-state index in [1.54, 1.807) is 31.4 Å².